The Bertz CT molecular complexity index is 657. The Labute approximate surface area is 124 Å². The highest BCUT2D eigenvalue weighted by atomic mass is 19.1. The lowest BCUT2D eigenvalue weighted by atomic mass is 10.0. The molecule has 3 rings (SSSR count). The fourth-order valence-corrected chi connectivity index (χ4v) is 2.82. The molecule has 0 radical (unpaired) electrons. The molecule has 21 heavy (non-hydrogen) atoms. The molecule has 2 aromatic carbocycles. The van der Waals surface area contributed by atoms with Gasteiger partial charge in [-0.05, 0) is 36.6 Å². The maximum atomic E-state index is 14.1. The SMILES string of the molecule is COc1ccc(CN2CCCc3ccc(N)cc32)c(F)c1. The molecular formula is C17H19FN2O. The first kappa shape index (κ1) is 13.7. The van der Waals surface area contributed by atoms with Gasteiger partial charge in [-0.2, -0.15) is 0 Å². The number of hydrogen-bond acceptors (Lipinski definition) is 3. The van der Waals surface area contributed by atoms with E-state index in [1.165, 1.54) is 18.7 Å². The van der Waals surface area contributed by atoms with E-state index in [-0.39, 0.29) is 5.82 Å². The van der Waals surface area contributed by atoms with Crippen molar-refractivity contribution in [3.05, 3.63) is 53.3 Å². The summed E-state index contributed by atoms with van der Waals surface area (Å²) in [7, 11) is 1.54. The Kier molecular flexibility index (Phi) is 3.69. The second-order valence-electron chi connectivity index (χ2n) is 5.37. The normalized spacial score (nSPS) is 13.9. The van der Waals surface area contributed by atoms with Gasteiger partial charge in [-0.1, -0.05) is 12.1 Å². The van der Waals surface area contributed by atoms with Gasteiger partial charge in [0.05, 0.1) is 7.11 Å². The van der Waals surface area contributed by atoms with E-state index in [2.05, 4.69) is 11.0 Å². The summed E-state index contributed by atoms with van der Waals surface area (Å²) in [5, 5.41) is 0. The van der Waals surface area contributed by atoms with Crippen LogP contribution in [0.15, 0.2) is 36.4 Å². The Balaban J connectivity index is 1.88. The molecule has 0 saturated heterocycles. The van der Waals surface area contributed by atoms with Gasteiger partial charge in [0.2, 0.25) is 0 Å². The number of hydrogen-bond donors (Lipinski definition) is 1. The summed E-state index contributed by atoms with van der Waals surface area (Å²) in [5.41, 5.74) is 9.71. The Hall–Kier alpha value is -2.23. The molecule has 0 unspecified atom stereocenters. The average Bonchev–Trinajstić information content (AvgIpc) is 2.49. The summed E-state index contributed by atoms with van der Waals surface area (Å²) < 4.78 is 19.2. The van der Waals surface area contributed by atoms with Crippen molar-refractivity contribution in [1.29, 1.82) is 0 Å². The highest BCUT2D eigenvalue weighted by Gasteiger charge is 2.18. The molecule has 0 aromatic heterocycles. The van der Waals surface area contributed by atoms with Gasteiger partial charge in [-0.15, -0.1) is 0 Å². The minimum atomic E-state index is -0.231. The highest BCUT2D eigenvalue weighted by Crippen LogP contribution is 2.31. The first-order valence-corrected chi connectivity index (χ1v) is 7.13. The molecule has 0 atom stereocenters. The molecule has 1 heterocycles. The Morgan fingerprint density at radius 1 is 1.24 bits per heavy atom. The summed E-state index contributed by atoms with van der Waals surface area (Å²) in [6.45, 7) is 1.47. The number of aryl methyl sites for hydroxylation is 1. The van der Waals surface area contributed by atoms with Gasteiger partial charge >= 0.3 is 0 Å². The van der Waals surface area contributed by atoms with Crippen LogP contribution >= 0.6 is 0 Å². The molecule has 0 aliphatic carbocycles. The summed E-state index contributed by atoms with van der Waals surface area (Å²) in [6.07, 6.45) is 2.13. The lowest BCUT2D eigenvalue weighted by Crippen LogP contribution is -2.29. The quantitative estimate of drug-likeness (QED) is 0.879. The number of anilines is 2. The van der Waals surface area contributed by atoms with Crippen molar-refractivity contribution < 1.29 is 9.13 Å². The molecule has 0 bridgehead atoms. The van der Waals surface area contributed by atoms with E-state index >= 15 is 0 Å². The molecule has 1 aliphatic rings. The van der Waals surface area contributed by atoms with Crippen LogP contribution < -0.4 is 15.4 Å². The van der Waals surface area contributed by atoms with Crippen LogP contribution in [-0.4, -0.2) is 13.7 Å². The van der Waals surface area contributed by atoms with Crippen LogP contribution in [0.1, 0.15) is 17.5 Å². The number of ether oxygens (including phenoxy) is 1. The van der Waals surface area contributed by atoms with E-state index in [9.17, 15) is 4.39 Å². The zero-order chi connectivity index (χ0) is 14.8. The van der Waals surface area contributed by atoms with Gasteiger partial charge in [-0.25, -0.2) is 4.39 Å². The maximum absolute atomic E-state index is 14.1. The monoisotopic (exact) mass is 286 g/mol. The number of nitrogens with zero attached hydrogens (tertiary/aromatic N) is 1. The smallest absolute Gasteiger partial charge is 0.131 e. The summed E-state index contributed by atoms with van der Waals surface area (Å²) >= 11 is 0. The number of fused-ring (bicyclic) bond motifs is 1. The standard InChI is InChI=1S/C17H19FN2O/c1-21-15-7-5-13(16(18)10-15)11-20-8-2-3-12-4-6-14(19)9-17(12)20/h4-7,9-10H,2-3,8,11,19H2,1H3. The van der Waals surface area contributed by atoms with Crippen molar-refractivity contribution in [2.24, 2.45) is 0 Å². The van der Waals surface area contributed by atoms with Crippen molar-refractivity contribution in [3.8, 4) is 5.75 Å². The van der Waals surface area contributed by atoms with Crippen LogP contribution in [-0.2, 0) is 13.0 Å². The van der Waals surface area contributed by atoms with Gasteiger partial charge in [0.15, 0.2) is 0 Å². The van der Waals surface area contributed by atoms with Gasteiger partial charge < -0.3 is 15.4 Å². The second kappa shape index (κ2) is 5.64. The predicted octanol–water partition coefficient (Wildman–Crippen LogP) is 3.37. The van der Waals surface area contributed by atoms with E-state index in [1.54, 1.807) is 12.1 Å². The second-order valence-corrected chi connectivity index (χ2v) is 5.37. The molecule has 0 spiro atoms. The van der Waals surface area contributed by atoms with E-state index in [0.29, 0.717) is 17.9 Å². The number of halogens is 1. The largest absolute Gasteiger partial charge is 0.497 e. The third kappa shape index (κ3) is 2.79. The van der Waals surface area contributed by atoms with Crippen molar-refractivity contribution in [1.82, 2.24) is 0 Å². The molecule has 1 aliphatic heterocycles. The predicted molar refractivity (Wildman–Crippen MR) is 83.2 cm³/mol. The molecule has 110 valence electrons. The van der Waals surface area contributed by atoms with Crippen molar-refractivity contribution in [3.63, 3.8) is 0 Å². The Morgan fingerprint density at radius 3 is 2.86 bits per heavy atom. The van der Waals surface area contributed by atoms with E-state index in [0.717, 1.165) is 30.8 Å². The van der Waals surface area contributed by atoms with E-state index < -0.39 is 0 Å². The summed E-state index contributed by atoms with van der Waals surface area (Å²) in [6, 6.07) is 11.0. The number of nitrogens with two attached hydrogens (primary N) is 1. The molecule has 0 amide bonds. The first-order valence-electron chi connectivity index (χ1n) is 7.13. The summed E-state index contributed by atoms with van der Waals surface area (Å²) in [4.78, 5) is 2.19. The third-order valence-corrected chi connectivity index (χ3v) is 3.95. The van der Waals surface area contributed by atoms with Crippen LogP contribution in [0, 0.1) is 5.82 Å². The van der Waals surface area contributed by atoms with Crippen LogP contribution in [0.4, 0.5) is 15.8 Å². The topological polar surface area (TPSA) is 38.5 Å². The zero-order valence-electron chi connectivity index (χ0n) is 12.1. The maximum Gasteiger partial charge on any atom is 0.131 e. The van der Waals surface area contributed by atoms with Crippen molar-refractivity contribution >= 4 is 11.4 Å². The molecule has 2 aromatic rings. The molecule has 0 saturated carbocycles. The lowest BCUT2D eigenvalue weighted by molar-refractivity contribution is 0.410. The minimum Gasteiger partial charge on any atom is -0.497 e. The number of benzene rings is 2. The highest BCUT2D eigenvalue weighted by molar-refractivity contribution is 5.62. The van der Waals surface area contributed by atoms with Crippen molar-refractivity contribution in [2.45, 2.75) is 19.4 Å². The van der Waals surface area contributed by atoms with E-state index in [1.807, 2.05) is 12.1 Å². The van der Waals surface area contributed by atoms with Crippen LogP contribution in [0.25, 0.3) is 0 Å². The first-order chi connectivity index (χ1) is 10.2. The summed E-state index contributed by atoms with van der Waals surface area (Å²) in [5.74, 6) is 0.310. The van der Waals surface area contributed by atoms with Crippen molar-refractivity contribution in [2.75, 3.05) is 24.3 Å². The lowest BCUT2D eigenvalue weighted by Gasteiger charge is -2.31. The molecule has 4 heteroatoms. The zero-order valence-corrected chi connectivity index (χ0v) is 12.1. The molecular weight excluding hydrogens is 267 g/mol. The van der Waals surface area contributed by atoms with Gasteiger partial charge in [-0.3, -0.25) is 0 Å². The van der Waals surface area contributed by atoms with Gasteiger partial charge in [0, 0.05) is 36.1 Å². The fourth-order valence-electron chi connectivity index (χ4n) is 2.82. The van der Waals surface area contributed by atoms with Gasteiger partial charge in [0.25, 0.3) is 0 Å². The minimum absolute atomic E-state index is 0.231. The Morgan fingerprint density at radius 2 is 2.10 bits per heavy atom. The van der Waals surface area contributed by atoms with Crippen LogP contribution in [0.3, 0.4) is 0 Å². The third-order valence-electron chi connectivity index (χ3n) is 3.95. The van der Waals surface area contributed by atoms with Crippen LogP contribution in [0.2, 0.25) is 0 Å². The number of methoxy groups -OCH3 is 1. The number of nitrogen functional groups attached to an aromatic ring is 1. The molecule has 2 N–H and O–H groups in total. The van der Waals surface area contributed by atoms with Crippen LogP contribution in [0.5, 0.6) is 5.75 Å². The van der Waals surface area contributed by atoms with E-state index in [4.69, 9.17) is 10.5 Å². The average molecular weight is 286 g/mol. The van der Waals surface area contributed by atoms with Gasteiger partial charge in [0.1, 0.15) is 11.6 Å². The molecule has 0 fully saturated rings. The fraction of sp³-hybridized carbons (Fsp3) is 0.294. The molecule has 3 nitrogen and oxygen atoms in total. The number of rotatable bonds is 3.